The normalized spacial score (nSPS) is 10.3. The lowest BCUT2D eigenvalue weighted by Crippen LogP contribution is -2.08. The fourth-order valence-corrected chi connectivity index (χ4v) is 2.28. The van der Waals surface area contributed by atoms with Crippen LogP contribution >= 0.6 is 15.9 Å². The molecular weight excluding hydrogens is 332 g/mol. The molecule has 0 spiro atoms. The number of hydrogen-bond donors (Lipinski definition) is 2. The van der Waals surface area contributed by atoms with E-state index in [0.717, 1.165) is 12.1 Å². The molecule has 3 nitrogen and oxygen atoms in total. The van der Waals surface area contributed by atoms with Gasteiger partial charge in [-0.2, -0.15) is 0 Å². The van der Waals surface area contributed by atoms with Crippen molar-refractivity contribution in [3.8, 4) is 0 Å². The Kier molecular flexibility index (Phi) is 4.34. The van der Waals surface area contributed by atoms with Gasteiger partial charge >= 0.3 is 5.97 Å². The van der Waals surface area contributed by atoms with Gasteiger partial charge in [0.15, 0.2) is 0 Å². The second-order valence-corrected chi connectivity index (χ2v) is 4.91. The van der Waals surface area contributed by atoms with Gasteiger partial charge in [0.05, 0.1) is 11.3 Å². The molecule has 20 heavy (non-hydrogen) atoms. The van der Waals surface area contributed by atoms with Crippen LogP contribution in [0.15, 0.2) is 40.9 Å². The van der Waals surface area contributed by atoms with Gasteiger partial charge in [0.1, 0.15) is 11.6 Å². The maximum atomic E-state index is 13.5. The number of anilines is 1. The van der Waals surface area contributed by atoms with Crippen molar-refractivity contribution in [3.05, 3.63) is 63.6 Å². The topological polar surface area (TPSA) is 49.3 Å². The van der Waals surface area contributed by atoms with E-state index in [9.17, 15) is 13.6 Å². The molecule has 104 valence electrons. The molecule has 0 radical (unpaired) electrons. The number of carboxylic acids is 1. The summed E-state index contributed by atoms with van der Waals surface area (Å²) >= 11 is 3.15. The van der Waals surface area contributed by atoms with Crippen LogP contribution in [0, 0.1) is 11.6 Å². The fourth-order valence-electron chi connectivity index (χ4n) is 1.74. The first-order valence-corrected chi connectivity index (χ1v) is 6.48. The smallest absolute Gasteiger partial charge is 0.338 e. The van der Waals surface area contributed by atoms with E-state index in [1.54, 1.807) is 18.2 Å². The van der Waals surface area contributed by atoms with Gasteiger partial charge in [0.25, 0.3) is 0 Å². The predicted octanol–water partition coefficient (Wildman–Crippen LogP) is 4.04. The highest BCUT2D eigenvalue weighted by Crippen LogP contribution is 2.25. The van der Waals surface area contributed by atoms with Gasteiger partial charge in [-0.25, -0.2) is 13.6 Å². The molecule has 0 atom stereocenters. The molecule has 0 aliphatic carbocycles. The highest BCUT2D eigenvalue weighted by molar-refractivity contribution is 9.10. The lowest BCUT2D eigenvalue weighted by molar-refractivity contribution is 0.0697. The molecule has 0 aromatic heterocycles. The number of hydrogen-bond acceptors (Lipinski definition) is 2. The third-order valence-electron chi connectivity index (χ3n) is 2.71. The third-order valence-corrected chi connectivity index (χ3v) is 3.37. The van der Waals surface area contributed by atoms with Crippen molar-refractivity contribution in [2.75, 3.05) is 5.32 Å². The molecule has 0 bridgehead atoms. The van der Waals surface area contributed by atoms with Gasteiger partial charge in [0, 0.05) is 22.6 Å². The van der Waals surface area contributed by atoms with Crippen LogP contribution in [-0.2, 0) is 6.54 Å². The lowest BCUT2D eigenvalue weighted by atomic mass is 10.1. The zero-order valence-electron chi connectivity index (χ0n) is 10.2. The molecule has 2 rings (SSSR count). The third kappa shape index (κ3) is 3.14. The van der Waals surface area contributed by atoms with Crippen molar-refractivity contribution >= 4 is 27.6 Å². The molecule has 0 aliphatic heterocycles. The maximum absolute atomic E-state index is 13.5. The van der Waals surface area contributed by atoms with E-state index in [1.165, 1.54) is 6.07 Å². The quantitative estimate of drug-likeness (QED) is 0.882. The van der Waals surface area contributed by atoms with Crippen LogP contribution in [0.5, 0.6) is 0 Å². The lowest BCUT2D eigenvalue weighted by Gasteiger charge is -2.11. The summed E-state index contributed by atoms with van der Waals surface area (Å²) < 4.78 is 26.7. The van der Waals surface area contributed by atoms with Crippen LogP contribution in [0.1, 0.15) is 15.9 Å². The highest BCUT2D eigenvalue weighted by Gasteiger charge is 2.14. The summed E-state index contributed by atoms with van der Waals surface area (Å²) in [7, 11) is 0. The van der Waals surface area contributed by atoms with Crippen LogP contribution in [0.4, 0.5) is 14.5 Å². The summed E-state index contributed by atoms with van der Waals surface area (Å²) in [5.74, 6) is -2.43. The molecule has 0 aliphatic rings. The summed E-state index contributed by atoms with van der Waals surface area (Å²) in [6.45, 7) is 0.0584. The average molecular weight is 342 g/mol. The van der Waals surface area contributed by atoms with Gasteiger partial charge < -0.3 is 10.4 Å². The van der Waals surface area contributed by atoms with Crippen molar-refractivity contribution in [1.82, 2.24) is 0 Å². The first-order chi connectivity index (χ1) is 9.49. The van der Waals surface area contributed by atoms with E-state index in [0.29, 0.717) is 10.2 Å². The van der Waals surface area contributed by atoms with E-state index in [2.05, 4.69) is 21.2 Å². The summed E-state index contributed by atoms with van der Waals surface area (Å²) in [5, 5.41) is 12.0. The SMILES string of the molecule is O=C(O)c1c(Br)cccc1NCc1ccc(F)cc1F. The zero-order valence-corrected chi connectivity index (χ0v) is 11.7. The minimum atomic E-state index is -1.10. The Labute approximate surface area is 122 Å². The van der Waals surface area contributed by atoms with Crippen molar-refractivity contribution in [1.29, 1.82) is 0 Å². The van der Waals surface area contributed by atoms with Gasteiger partial charge in [-0.1, -0.05) is 12.1 Å². The van der Waals surface area contributed by atoms with Gasteiger partial charge in [-0.05, 0) is 34.1 Å². The van der Waals surface area contributed by atoms with Crippen molar-refractivity contribution in [2.45, 2.75) is 6.54 Å². The number of aromatic carboxylic acids is 1. The Hall–Kier alpha value is -1.95. The molecule has 6 heteroatoms. The number of carboxylic acid groups (broad SMARTS) is 1. The minimum absolute atomic E-state index is 0.0584. The Bertz CT molecular complexity index is 662. The predicted molar refractivity (Wildman–Crippen MR) is 74.8 cm³/mol. The van der Waals surface area contributed by atoms with E-state index in [1.807, 2.05) is 0 Å². The Morgan fingerprint density at radius 1 is 1.25 bits per heavy atom. The summed E-state index contributed by atoms with van der Waals surface area (Å²) in [4.78, 5) is 11.2. The number of benzene rings is 2. The van der Waals surface area contributed by atoms with Crippen molar-refractivity contribution < 1.29 is 18.7 Å². The Morgan fingerprint density at radius 2 is 2.00 bits per heavy atom. The van der Waals surface area contributed by atoms with Gasteiger partial charge in [-0.15, -0.1) is 0 Å². The Balaban J connectivity index is 2.23. The summed E-state index contributed by atoms with van der Waals surface area (Å²) in [6, 6.07) is 8.11. The Morgan fingerprint density at radius 3 is 2.65 bits per heavy atom. The first kappa shape index (κ1) is 14.5. The van der Waals surface area contributed by atoms with E-state index in [4.69, 9.17) is 5.11 Å². The largest absolute Gasteiger partial charge is 0.478 e. The monoisotopic (exact) mass is 341 g/mol. The van der Waals surface area contributed by atoms with Crippen LogP contribution in [-0.4, -0.2) is 11.1 Å². The van der Waals surface area contributed by atoms with Crippen molar-refractivity contribution in [2.24, 2.45) is 0 Å². The molecule has 2 aromatic carbocycles. The number of halogens is 3. The first-order valence-electron chi connectivity index (χ1n) is 5.68. The summed E-state index contributed by atoms with van der Waals surface area (Å²) in [6.07, 6.45) is 0. The molecule has 0 saturated carbocycles. The maximum Gasteiger partial charge on any atom is 0.338 e. The van der Waals surface area contributed by atoms with Crippen LogP contribution in [0.3, 0.4) is 0 Å². The van der Waals surface area contributed by atoms with Crippen LogP contribution in [0.2, 0.25) is 0 Å². The van der Waals surface area contributed by atoms with E-state index >= 15 is 0 Å². The standard InChI is InChI=1S/C14H10BrF2NO2/c15-10-2-1-3-12(13(10)14(19)20)18-7-8-4-5-9(16)6-11(8)17/h1-6,18H,7H2,(H,19,20). The number of nitrogens with one attached hydrogen (secondary N) is 1. The van der Waals surface area contributed by atoms with Crippen LogP contribution < -0.4 is 5.32 Å². The molecule has 0 saturated heterocycles. The van der Waals surface area contributed by atoms with E-state index in [-0.39, 0.29) is 17.7 Å². The average Bonchev–Trinajstić information content (AvgIpc) is 2.37. The van der Waals surface area contributed by atoms with Crippen LogP contribution in [0.25, 0.3) is 0 Å². The van der Waals surface area contributed by atoms with Gasteiger partial charge in [0.2, 0.25) is 0 Å². The molecular formula is C14H10BrF2NO2. The molecule has 0 heterocycles. The second kappa shape index (κ2) is 6.00. The minimum Gasteiger partial charge on any atom is -0.478 e. The molecule has 0 fully saturated rings. The number of rotatable bonds is 4. The molecule has 0 unspecified atom stereocenters. The molecule has 2 N–H and O–H groups in total. The highest BCUT2D eigenvalue weighted by atomic mass is 79.9. The molecule has 2 aromatic rings. The fraction of sp³-hybridized carbons (Fsp3) is 0.0714. The summed E-state index contributed by atoms with van der Waals surface area (Å²) in [5.41, 5.74) is 0.674. The zero-order chi connectivity index (χ0) is 14.7. The number of carbonyl (C=O) groups is 1. The van der Waals surface area contributed by atoms with Gasteiger partial charge in [-0.3, -0.25) is 0 Å². The van der Waals surface area contributed by atoms with Crippen molar-refractivity contribution in [3.63, 3.8) is 0 Å². The second-order valence-electron chi connectivity index (χ2n) is 4.06. The van der Waals surface area contributed by atoms with E-state index < -0.39 is 17.6 Å². The molecule has 0 amide bonds.